The molecule has 1 aromatic carbocycles. The highest BCUT2D eigenvalue weighted by Gasteiger charge is 2.27. The van der Waals surface area contributed by atoms with Crippen LogP contribution < -0.4 is 10.6 Å². The van der Waals surface area contributed by atoms with Crippen LogP contribution in [-0.2, 0) is 0 Å². The SMILES string of the molecule is CNCC1CC2=C(C=CCC=C2N2CCN(Sc3ccccc3)CC2)CN1. The van der Waals surface area contributed by atoms with E-state index in [4.69, 9.17) is 0 Å². The molecule has 4 rings (SSSR count). The van der Waals surface area contributed by atoms with E-state index in [1.165, 1.54) is 16.2 Å². The Morgan fingerprint density at radius 2 is 1.96 bits per heavy atom. The first-order valence-corrected chi connectivity index (χ1v) is 10.8. The van der Waals surface area contributed by atoms with Crippen molar-refractivity contribution in [2.45, 2.75) is 23.8 Å². The molecule has 2 N–H and O–H groups in total. The van der Waals surface area contributed by atoms with E-state index in [1.54, 1.807) is 5.57 Å². The van der Waals surface area contributed by atoms with Gasteiger partial charge in [-0.3, -0.25) is 0 Å². The summed E-state index contributed by atoms with van der Waals surface area (Å²) in [7, 11) is 2.04. The number of benzene rings is 1. The molecule has 2 aliphatic heterocycles. The van der Waals surface area contributed by atoms with Crippen LogP contribution in [0.5, 0.6) is 0 Å². The van der Waals surface area contributed by atoms with E-state index in [0.29, 0.717) is 6.04 Å². The predicted molar refractivity (Wildman–Crippen MR) is 115 cm³/mol. The third-order valence-electron chi connectivity index (χ3n) is 5.50. The summed E-state index contributed by atoms with van der Waals surface area (Å²) in [6, 6.07) is 11.2. The summed E-state index contributed by atoms with van der Waals surface area (Å²) < 4.78 is 2.50. The van der Waals surface area contributed by atoms with Gasteiger partial charge in [0.15, 0.2) is 0 Å². The second-order valence-corrected chi connectivity index (χ2v) is 8.56. The number of hydrogen-bond donors (Lipinski definition) is 2. The van der Waals surface area contributed by atoms with Gasteiger partial charge in [0.25, 0.3) is 0 Å². The molecule has 0 aromatic heterocycles. The minimum absolute atomic E-state index is 0.526. The van der Waals surface area contributed by atoms with E-state index >= 15 is 0 Å². The van der Waals surface area contributed by atoms with Crippen molar-refractivity contribution in [3.05, 3.63) is 65.4 Å². The van der Waals surface area contributed by atoms with Gasteiger partial charge in [-0.05, 0) is 55.1 Å². The molecule has 0 saturated carbocycles. The maximum absolute atomic E-state index is 3.68. The van der Waals surface area contributed by atoms with Crippen LogP contribution in [0, 0.1) is 0 Å². The van der Waals surface area contributed by atoms with Gasteiger partial charge in [-0.2, -0.15) is 0 Å². The molecule has 0 bridgehead atoms. The van der Waals surface area contributed by atoms with Crippen LogP contribution in [0.15, 0.2) is 70.3 Å². The van der Waals surface area contributed by atoms with E-state index in [-0.39, 0.29) is 0 Å². The summed E-state index contributed by atoms with van der Waals surface area (Å²) in [6.07, 6.45) is 9.25. The van der Waals surface area contributed by atoms with Crippen molar-refractivity contribution in [1.82, 2.24) is 19.8 Å². The largest absolute Gasteiger partial charge is 0.369 e. The van der Waals surface area contributed by atoms with E-state index in [1.807, 2.05) is 19.0 Å². The first kappa shape index (κ1) is 18.8. The number of nitrogens with zero attached hydrogens (tertiary/aromatic N) is 2. The number of hydrogen-bond acceptors (Lipinski definition) is 5. The number of rotatable bonds is 5. The molecule has 144 valence electrons. The lowest BCUT2D eigenvalue weighted by Gasteiger charge is -2.39. The quantitative estimate of drug-likeness (QED) is 0.765. The van der Waals surface area contributed by atoms with E-state index < -0.39 is 0 Å². The first-order valence-electron chi connectivity index (χ1n) is 10.0. The molecule has 1 aromatic rings. The van der Waals surface area contributed by atoms with Crippen LogP contribution in [0.3, 0.4) is 0 Å². The van der Waals surface area contributed by atoms with Crippen LogP contribution >= 0.6 is 11.9 Å². The average Bonchev–Trinajstić information content (AvgIpc) is 2.92. The van der Waals surface area contributed by atoms with Crippen molar-refractivity contribution in [3.63, 3.8) is 0 Å². The minimum Gasteiger partial charge on any atom is -0.369 e. The van der Waals surface area contributed by atoms with Crippen LogP contribution in [0.1, 0.15) is 12.8 Å². The molecule has 0 amide bonds. The molecule has 5 heteroatoms. The fourth-order valence-electron chi connectivity index (χ4n) is 4.11. The summed E-state index contributed by atoms with van der Waals surface area (Å²) in [5, 5.41) is 7.00. The summed E-state index contributed by atoms with van der Waals surface area (Å²) in [4.78, 5) is 3.95. The molecule has 2 heterocycles. The molecule has 4 nitrogen and oxygen atoms in total. The number of piperazine rings is 1. The van der Waals surface area contributed by atoms with Gasteiger partial charge >= 0.3 is 0 Å². The first-order chi connectivity index (χ1) is 13.3. The monoisotopic (exact) mass is 382 g/mol. The summed E-state index contributed by atoms with van der Waals surface area (Å²) in [6.45, 7) is 6.42. The Balaban J connectivity index is 1.41. The van der Waals surface area contributed by atoms with Crippen molar-refractivity contribution in [1.29, 1.82) is 0 Å². The average molecular weight is 383 g/mol. The lowest BCUT2D eigenvalue weighted by molar-refractivity contribution is 0.241. The van der Waals surface area contributed by atoms with E-state index in [0.717, 1.165) is 52.1 Å². The predicted octanol–water partition coefficient (Wildman–Crippen LogP) is 3.03. The lowest BCUT2D eigenvalue weighted by Crippen LogP contribution is -2.46. The van der Waals surface area contributed by atoms with Crippen molar-refractivity contribution in [2.75, 3.05) is 46.3 Å². The van der Waals surface area contributed by atoms with Gasteiger partial charge in [0.2, 0.25) is 0 Å². The maximum atomic E-state index is 3.68. The summed E-state index contributed by atoms with van der Waals surface area (Å²) in [5.74, 6) is 0. The smallest absolute Gasteiger partial charge is 0.0366 e. The Kier molecular flexibility index (Phi) is 6.35. The van der Waals surface area contributed by atoms with Crippen LogP contribution in [-0.4, -0.2) is 61.6 Å². The molecule has 27 heavy (non-hydrogen) atoms. The second-order valence-electron chi connectivity index (χ2n) is 7.39. The Labute approximate surface area is 167 Å². The number of allylic oxidation sites excluding steroid dienone is 3. The zero-order valence-corrected chi connectivity index (χ0v) is 17.0. The molecule has 1 atom stereocenters. The van der Waals surface area contributed by atoms with Gasteiger partial charge in [0, 0.05) is 55.9 Å². The fourth-order valence-corrected chi connectivity index (χ4v) is 5.04. The summed E-state index contributed by atoms with van der Waals surface area (Å²) in [5.41, 5.74) is 4.53. The third-order valence-corrected chi connectivity index (χ3v) is 6.61. The fraction of sp³-hybridized carbons (Fsp3) is 0.455. The van der Waals surface area contributed by atoms with E-state index in [9.17, 15) is 0 Å². The van der Waals surface area contributed by atoms with Gasteiger partial charge in [-0.25, -0.2) is 4.31 Å². The molecule has 1 unspecified atom stereocenters. The molecule has 0 spiro atoms. The summed E-state index contributed by atoms with van der Waals surface area (Å²) >= 11 is 1.89. The zero-order valence-electron chi connectivity index (χ0n) is 16.2. The van der Waals surface area contributed by atoms with Gasteiger partial charge in [0.05, 0.1) is 0 Å². The third kappa shape index (κ3) is 4.66. The van der Waals surface area contributed by atoms with Crippen LogP contribution in [0.25, 0.3) is 0 Å². The van der Waals surface area contributed by atoms with E-state index in [2.05, 4.69) is 68.4 Å². The molecular weight excluding hydrogens is 352 g/mol. The Morgan fingerprint density at radius 3 is 2.74 bits per heavy atom. The topological polar surface area (TPSA) is 30.5 Å². The second kappa shape index (κ2) is 9.11. The molecular formula is C22H30N4S. The number of likely N-dealkylation sites (N-methyl/N-ethyl adjacent to an activating group) is 1. The van der Waals surface area contributed by atoms with Gasteiger partial charge in [-0.1, -0.05) is 36.4 Å². The lowest BCUT2D eigenvalue weighted by atomic mass is 9.92. The van der Waals surface area contributed by atoms with Crippen LogP contribution in [0.2, 0.25) is 0 Å². The molecule has 3 aliphatic rings. The van der Waals surface area contributed by atoms with Crippen molar-refractivity contribution >= 4 is 11.9 Å². The normalized spacial score (nSPS) is 23.8. The van der Waals surface area contributed by atoms with Crippen LogP contribution in [0.4, 0.5) is 0 Å². The standard InChI is InChI=1S/C22H30N4S/c1-23-17-19-15-21-18(16-24-19)7-5-6-10-22(21)25-11-13-26(14-12-25)27-20-8-3-2-4-9-20/h2-5,7-10,19,23-24H,6,11-17H2,1H3. The maximum Gasteiger partial charge on any atom is 0.0366 e. The molecule has 1 aliphatic carbocycles. The van der Waals surface area contributed by atoms with Gasteiger partial charge < -0.3 is 15.5 Å². The van der Waals surface area contributed by atoms with Gasteiger partial charge in [-0.15, -0.1) is 0 Å². The number of nitrogens with one attached hydrogen (secondary N) is 2. The Bertz CT molecular complexity index is 717. The van der Waals surface area contributed by atoms with Crippen molar-refractivity contribution in [2.24, 2.45) is 0 Å². The minimum atomic E-state index is 0.526. The molecule has 0 radical (unpaired) electrons. The highest BCUT2D eigenvalue weighted by molar-refractivity contribution is 7.97. The Morgan fingerprint density at radius 1 is 1.15 bits per heavy atom. The highest BCUT2D eigenvalue weighted by atomic mass is 32.2. The van der Waals surface area contributed by atoms with Gasteiger partial charge in [0.1, 0.15) is 0 Å². The van der Waals surface area contributed by atoms with Crippen molar-refractivity contribution < 1.29 is 0 Å². The highest BCUT2D eigenvalue weighted by Crippen LogP contribution is 2.32. The molecule has 1 saturated heterocycles. The van der Waals surface area contributed by atoms with Crippen molar-refractivity contribution in [3.8, 4) is 0 Å². The zero-order chi connectivity index (χ0) is 18.5. The Hall–Kier alpha value is -1.53. The molecule has 1 fully saturated rings.